The summed E-state index contributed by atoms with van der Waals surface area (Å²) in [6, 6.07) is -0.115. The Kier molecular flexibility index (Phi) is 4.24. The number of hydrogen-bond donors (Lipinski definition) is 2. The van der Waals surface area contributed by atoms with Crippen LogP contribution in [0.1, 0.15) is 31.2 Å². The molecule has 1 aromatic heterocycles. The average molecular weight is 271 g/mol. The standard InChI is InChI=1S/C12H19ClN4O/c1-3-17-10(11(13)8(2)16-17)7-15-9-5-4-6-14-12(9)18/h9,15H,3-7H2,1-2H3,(H,14,18). The Labute approximate surface area is 112 Å². The summed E-state index contributed by atoms with van der Waals surface area (Å²) >= 11 is 6.22. The van der Waals surface area contributed by atoms with E-state index in [9.17, 15) is 4.79 Å². The number of rotatable bonds is 4. The van der Waals surface area contributed by atoms with Crippen molar-refractivity contribution in [3.8, 4) is 0 Å². The molecule has 0 aliphatic carbocycles. The molecule has 0 radical (unpaired) electrons. The summed E-state index contributed by atoms with van der Waals surface area (Å²) in [6.07, 6.45) is 1.89. The molecule has 1 aliphatic rings. The molecule has 2 heterocycles. The van der Waals surface area contributed by atoms with Gasteiger partial charge >= 0.3 is 0 Å². The van der Waals surface area contributed by atoms with Crippen LogP contribution in [0.3, 0.4) is 0 Å². The van der Waals surface area contributed by atoms with Crippen LogP contribution in [0.25, 0.3) is 0 Å². The van der Waals surface area contributed by atoms with Crippen LogP contribution in [0.4, 0.5) is 0 Å². The monoisotopic (exact) mass is 270 g/mol. The Bertz CT molecular complexity index is 444. The lowest BCUT2D eigenvalue weighted by atomic mass is 10.1. The van der Waals surface area contributed by atoms with Gasteiger partial charge in [0.1, 0.15) is 0 Å². The van der Waals surface area contributed by atoms with Crippen molar-refractivity contribution in [2.75, 3.05) is 6.54 Å². The van der Waals surface area contributed by atoms with Crippen molar-refractivity contribution in [1.29, 1.82) is 0 Å². The van der Waals surface area contributed by atoms with Gasteiger partial charge in [0.05, 0.1) is 22.5 Å². The van der Waals surface area contributed by atoms with Crippen LogP contribution in [0.5, 0.6) is 0 Å². The van der Waals surface area contributed by atoms with Crippen molar-refractivity contribution in [2.45, 2.75) is 45.8 Å². The number of nitrogens with zero attached hydrogens (tertiary/aromatic N) is 2. The number of hydrogen-bond acceptors (Lipinski definition) is 3. The smallest absolute Gasteiger partial charge is 0.237 e. The molecule has 5 nitrogen and oxygen atoms in total. The Hall–Kier alpha value is -1.07. The van der Waals surface area contributed by atoms with Gasteiger partial charge in [-0.15, -0.1) is 0 Å². The molecule has 1 aromatic rings. The van der Waals surface area contributed by atoms with Gasteiger partial charge < -0.3 is 10.6 Å². The van der Waals surface area contributed by atoms with Gasteiger partial charge in [0.25, 0.3) is 0 Å². The van der Waals surface area contributed by atoms with E-state index in [-0.39, 0.29) is 11.9 Å². The van der Waals surface area contributed by atoms with Crippen molar-refractivity contribution >= 4 is 17.5 Å². The zero-order chi connectivity index (χ0) is 13.1. The second-order valence-corrected chi connectivity index (χ2v) is 4.91. The maximum absolute atomic E-state index is 11.6. The van der Waals surface area contributed by atoms with E-state index in [1.165, 1.54) is 0 Å². The van der Waals surface area contributed by atoms with Crippen molar-refractivity contribution in [3.05, 3.63) is 16.4 Å². The van der Waals surface area contributed by atoms with E-state index in [1.54, 1.807) is 0 Å². The third kappa shape index (κ3) is 2.67. The first kappa shape index (κ1) is 13.4. The van der Waals surface area contributed by atoms with Gasteiger partial charge in [-0.3, -0.25) is 9.48 Å². The minimum absolute atomic E-state index is 0.0802. The molecule has 100 valence electrons. The zero-order valence-corrected chi connectivity index (χ0v) is 11.5. The van der Waals surface area contributed by atoms with Gasteiger partial charge in [0, 0.05) is 19.6 Å². The Morgan fingerprint density at radius 1 is 1.61 bits per heavy atom. The highest BCUT2D eigenvalue weighted by Crippen LogP contribution is 2.20. The van der Waals surface area contributed by atoms with Crippen LogP contribution in [0.2, 0.25) is 5.02 Å². The summed E-state index contributed by atoms with van der Waals surface area (Å²) in [5.74, 6) is 0.0802. The Morgan fingerprint density at radius 2 is 2.39 bits per heavy atom. The van der Waals surface area contributed by atoms with Crippen LogP contribution >= 0.6 is 11.6 Å². The number of aryl methyl sites for hydroxylation is 2. The minimum Gasteiger partial charge on any atom is -0.355 e. The largest absolute Gasteiger partial charge is 0.355 e. The van der Waals surface area contributed by atoms with Crippen LogP contribution in [0.15, 0.2) is 0 Å². The molecule has 6 heteroatoms. The number of halogens is 1. The summed E-state index contributed by atoms with van der Waals surface area (Å²) in [7, 11) is 0. The van der Waals surface area contributed by atoms with E-state index < -0.39 is 0 Å². The van der Waals surface area contributed by atoms with Gasteiger partial charge in [0.15, 0.2) is 0 Å². The highest BCUT2D eigenvalue weighted by Gasteiger charge is 2.22. The fourth-order valence-electron chi connectivity index (χ4n) is 2.22. The first-order chi connectivity index (χ1) is 8.63. The lowest BCUT2D eigenvalue weighted by molar-refractivity contribution is -0.124. The van der Waals surface area contributed by atoms with E-state index in [4.69, 9.17) is 11.6 Å². The van der Waals surface area contributed by atoms with E-state index in [0.29, 0.717) is 11.6 Å². The lowest BCUT2D eigenvalue weighted by Crippen LogP contribution is -2.48. The fraction of sp³-hybridized carbons (Fsp3) is 0.667. The third-order valence-corrected chi connectivity index (χ3v) is 3.75. The topological polar surface area (TPSA) is 59.0 Å². The number of carbonyl (C=O) groups excluding carboxylic acids is 1. The normalized spacial score (nSPS) is 19.9. The summed E-state index contributed by atoms with van der Waals surface area (Å²) in [5, 5.41) is 11.2. The molecule has 0 saturated carbocycles. The second-order valence-electron chi connectivity index (χ2n) is 4.53. The molecule has 0 bridgehead atoms. The number of carbonyl (C=O) groups is 1. The molecule has 1 atom stereocenters. The number of nitrogens with one attached hydrogen (secondary N) is 2. The summed E-state index contributed by atoms with van der Waals surface area (Å²) in [5.41, 5.74) is 1.79. The molecule has 0 aromatic carbocycles. The minimum atomic E-state index is -0.115. The zero-order valence-electron chi connectivity index (χ0n) is 10.8. The van der Waals surface area contributed by atoms with Crippen LogP contribution < -0.4 is 10.6 Å². The van der Waals surface area contributed by atoms with Crippen LogP contribution in [-0.2, 0) is 17.9 Å². The quantitative estimate of drug-likeness (QED) is 0.865. The molecule has 2 rings (SSSR count). The van der Waals surface area contributed by atoms with Crippen molar-refractivity contribution in [2.24, 2.45) is 0 Å². The van der Waals surface area contributed by atoms with E-state index in [0.717, 1.165) is 37.3 Å². The first-order valence-electron chi connectivity index (χ1n) is 6.36. The number of piperidine rings is 1. The molecule has 18 heavy (non-hydrogen) atoms. The van der Waals surface area contributed by atoms with Crippen LogP contribution in [-0.4, -0.2) is 28.3 Å². The van der Waals surface area contributed by atoms with Gasteiger partial charge in [0.2, 0.25) is 5.91 Å². The molecule has 1 amide bonds. The average Bonchev–Trinajstić information content (AvgIpc) is 2.65. The van der Waals surface area contributed by atoms with Crippen molar-refractivity contribution in [3.63, 3.8) is 0 Å². The summed E-state index contributed by atoms with van der Waals surface area (Å²) < 4.78 is 1.88. The molecule has 1 fully saturated rings. The maximum Gasteiger partial charge on any atom is 0.237 e. The summed E-state index contributed by atoms with van der Waals surface area (Å²) in [4.78, 5) is 11.6. The Morgan fingerprint density at radius 3 is 3.06 bits per heavy atom. The first-order valence-corrected chi connectivity index (χ1v) is 6.74. The molecule has 2 N–H and O–H groups in total. The lowest BCUT2D eigenvalue weighted by Gasteiger charge is -2.23. The van der Waals surface area contributed by atoms with Crippen molar-refractivity contribution < 1.29 is 4.79 Å². The van der Waals surface area contributed by atoms with Gasteiger partial charge in [-0.1, -0.05) is 11.6 Å². The predicted molar refractivity (Wildman–Crippen MR) is 70.5 cm³/mol. The SMILES string of the molecule is CCn1nc(C)c(Cl)c1CNC1CCCNC1=O. The number of amides is 1. The predicted octanol–water partition coefficient (Wildman–Crippen LogP) is 1.23. The molecule has 1 unspecified atom stereocenters. The van der Waals surface area contributed by atoms with Gasteiger partial charge in [-0.05, 0) is 26.7 Å². The highest BCUT2D eigenvalue weighted by atomic mass is 35.5. The Balaban J connectivity index is 2.03. The third-order valence-electron chi connectivity index (χ3n) is 3.25. The molecular weight excluding hydrogens is 252 g/mol. The summed E-state index contributed by atoms with van der Waals surface area (Å²) in [6.45, 7) is 6.06. The second kappa shape index (κ2) is 5.71. The molecular formula is C12H19ClN4O. The van der Waals surface area contributed by atoms with E-state index >= 15 is 0 Å². The van der Waals surface area contributed by atoms with Crippen LogP contribution in [0, 0.1) is 6.92 Å². The van der Waals surface area contributed by atoms with Gasteiger partial charge in [-0.25, -0.2) is 0 Å². The maximum atomic E-state index is 11.6. The molecule has 0 spiro atoms. The molecule has 1 saturated heterocycles. The van der Waals surface area contributed by atoms with E-state index in [1.807, 2.05) is 18.5 Å². The van der Waals surface area contributed by atoms with Gasteiger partial charge in [-0.2, -0.15) is 5.10 Å². The fourth-order valence-corrected chi connectivity index (χ4v) is 2.43. The van der Waals surface area contributed by atoms with Crippen molar-refractivity contribution in [1.82, 2.24) is 20.4 Å². The number of aromatic nitrogens is 2. The molecule has 1 aliphatic heterocycles. The highest BCUT2D eigenvalue weighted by molar-refractivity contribution is 6.31. The van der Waals surface area contributed by atoms with E-state index in [2.05, 4.69) is 15.7 Å².